The summed E-state index contributed by atoms with van der Waals surface area (Å²) in [6.45, 7) is 2.09. The molecule has 7 heteroatoms. The number of ketones is 1. The quantitative estimate of drug-likeness (QED) is 0.777. The Bertz CT molecular complexity index is 922. The van der Waals surface area contributed by atoms with Gasteiger partial charge in [0.2, 0.25) is 5.78 Å². The van der Waals surface area contributed by atoms with Crippen molar-refractivity contribution in [3.8, 4) is 5.88 Å². The van der Waals surface area contributed by atoms with Crippen LogP contribution in [0.1, 0.15) is 35.0 Å². The van der Waals surface area contributed by atoms with Crippen LogP contribution in [-0.4, -0.2) is 51.9 Å². The summed E-state index contributed by atoms with van der Waals surface area (Å²) >= 11 is 0. The highest BCUT2D eigenvalue weighted by atomic mass is 16.5. The molecule has 4 rings (SSSR count). The molecule has 148 valence electrons. The van der Waals surface area contributed by atoms with E-state index in [0.29, 0.717) is 12.2 Å². The Hall–Kier alpha value is -2.48. The van der Waals surface area contributed by atoms with E-state index in [1.54, 1.807) is 6.08 Å². The van der Waals surface area contributed by atoms with Crippen LogP contribution in [0.4, 0.5) is 0 Å². The van der Waals surface area contributed by atoms with Crippen LogP contribution in [0.2, 0.25) is 0 Å². The van der Waals surface area contributed by atoms with Crippen LogP contribution < -0.4 is 4.74 Å². The standard InChI is InChI=1S/C21H24N2O5/c1-20(23(2)3)14-10-7-11-15(24)21(14,26)17(25)16-18(20)28-22-19(16)27-12-13-8-5-4-6-9-13/h4-9,11,14-15,24,26H,10,12H2,1-3H3/t14-,15+,20-,21-/m0/s1. The highest BCUT2D eigenvalue weighted by Gasteiger charge is 2.65. The van der Waals surface area contributed by atoms with Gasteiger partial charge in [-0.2, -0.15) is 0 Å². The van der Waals surface area contributed by atoms with E-state index in [-0.39, 0.29) is 18.1 Å². The summed E-state index contributed by atoms with van der Waals surface area (Å²) in [4.78, 5) is 15.2. The maximum absolute atomic E-state index is 13.3. The summed E-state index contributed by atoms with van der Waals surface area (Å²) in [5.74, 6) is -0.828. The molecule has 1 aromatic carbocycles. The Morgan fingerprint density at radius 3 is 2.71 bits per heavy atom. The summed E-state index contributed by atoms with van der Waals surface area (Å²) in [6, 6.07) is 9.49. The number of carbonyl (C=O) groups excluding carboxylic acids is 1. The maximum atomic E-state index is 13.3. The van der Waals surface area contributed by atoms with Gasteiger partial charge in [0.25, 0.3) is 5.88 Å². The third-order valence-corrected chi connectivity index (χ3v) is 6.21. The van der Waals surface area contributed by atoms with Gasteiger partial charge in [0.1, 0.15) is 18.3 Å². The molecule has 7 nitrogen and oxygen atoms in total. The number of aliphatic hydroxyl groups excluding tert-OH is 1. The summed E-state index contributed by atoms with van der Waals surface area (Å²) < 4.78 is 11.4. The highest BCUT2D eigenvalue weighted by Crippen LogP contribution is 2.53. The first-order chi connectivity index (χ1) is 13.3. The Kier molecular flexibility index (Phi) is 4.41. The number of aliphatic hydroxyl groups is 2. The van der Waals surface area contributed by atoms with Gasteiger partial charge in [-0.1, -0.05) is 42.5 Å². The second-order valence-electron chi connectivity index (χ2n) is 7.82. The van der Waals surface area contributed by atoms with E-state index in [9.17, 15) is 15.0 Å². The lowest BCUT2D eigenvalue weighted by Crippen LogP contribution is -2.67. The zero-order valence-corrected chi connectivity index (χ0v) is 16.1. The first-order valence-corrected chi connectivity index (χ1v) is 9.27. The third kappa shape index (κ3) is 2.47. The molecule has 4 atom stereocenters. The van der Waals surface area contributed by atoms with Crippen molar-refractivity contribution in [3.05, 3.63) is 59.4 Å². The van der Waals surface area contributed by atoms with E-state index < -0.39 is 28.9 Å². The fourth-order valence-electron chi connectivity index (χ4n) is 4.35. The van der Waals surface area contributed by atoms with Crippen molar-refractivity contribution in [1.29, 1.82) is 0 Å². The van der Waals surface area contributed by atoms with Crippen molar-refractivity contribution in [3.63, 3.8) is 0 Å². The second-order valence-corrected chi connectivity index (χ2v) is 7.82. The van der Waals surface area contributed by atoms with Crippen LogP contribution in [0.3, 0.4) is 0 Å². The SMILES string of the molecule is CN(C)[C@]1(C)c2onc(OCc3ccccc3)c2C(=O)[C@@]2(O)[C@H](O)C=CC[C@H]21. The number of aromatic nitrogens is 1. The van der Waals surface area contributed by atoms with Crippen LogP contribution >= 0.6 is 0 Å². The predicted octanol–water partition coefficient (Wildman–Crippen LogP) is 1.89. The van der Waals surface area contributed by atoms with Crippen molar-refractivity contribution in [1.82, 2.24) is 10.1 Å². The number of rotatable bonds is 4. The van der Waals surface area contributed by atoms with Crippen molar-refractivity contribution in [2.75, 3.05) is 14.1 Å². The average Bonchev–Trinajstić information content (AvgIpc) is 3.11. The van der Waals surface area contributed by atoms with Gasteiger partial charge in [-0.3, -0.25) is 9.69 Å². The van der Waals surface area contributed by atoms with Gasteiger partial charge in [0.15, 0.2) is 11.4 Å². The lowest BCUT2D eigenvalue weighted by Gasteiger charge is -2.53. The number of benzene rings is 1. The normalized spacial score (nSPS) is 31.6. The summed E-state index contributed by atoms with van der Waals surface area (Å²) in [7, 11) is 3.69. The van der Waals surface area contributed by atoms with Crippen molar-refractivity contribution in [2.45, 2.75) is 37.2 Å². The van der Waals surface area contributed by atoms with E-state index in [1.807, 2.05) is 56.3 Å². The molecule has 0 saturated heterocycles. The molecule has 1 heterocycles. The Labute approximate surface area is 163 Å². The van der Waals surface area contributed by atoms with Gasteiger partial charge in [-0.25, -0.2) is 0 Å². The van der Waals surface area contributed by atoms with Crippen molar-refractivity contribution >= 4 is 5.78 Å². The first-order valence-electron chi connectivity index (χ1n) is 9.27. The van der Waals surface area contributed by atoms with Gasteiger partial charge in [0, 0.05) is 5.92 Å². The topological polar surface area (TPSA) is 96.0 Å². The van der Waals surface area contributed by atoms with E-state index >= 15 is 0 Å². The van der Waals surface area contributed by atoms with Crippen molar-refractivity contribution in [2.24, 2.45) is 5.92 Å². The summed E-state index contributed by atoms with van der Waals surface area (Å²) in [5.41, 5.74) is -1.82. The summed E-state index contributed by atoms with van der Waals surface area (Å²) in [6.07, 6.45) is 2.36. The monoisotopic (exact) mass is 384 g/mol. The van der Waals surface area contributed by atoms with E-state index in [2.05, 4.69) is 5.16 Å². The third-order valence-electron chi connectivity index (χ3n) is 6.21. The molecule has 28 heavy (non-hydrogen) atoms. The number of fused-ring (bicyclic) bond motifs is 2. The molecule has 0 unspecified atom stereocenters. The molecule has 0 bridgehead atoms. The second kappa shape index (κ2) is 6.55. The predicted molar refractivity (Wildman–Crippen MR) is 101 cm³/mol. The molecule has 1 aromatic heterocycles. The van der Waals surface area contributed by atoms with E-state index in [0.717, 1.165) is 5.56 Å². The number of carbonyl (C=O) groups is 1. The fraction of sp³-hybridized carbons (Fsp3) is 0.429. The number of hydrogen-bond donors (Lipinski definition) is 2. The van der Waals surface area contributed by atoms with Gasteiger partial charge in [-0.15, -0.1) is 0 Å². The lowest BCUT2D eigenvalue weighted by atomic mass is 9.59. The average molecular weight is 384 g/mol. The van der Waals surface area contributed by atoms with Crippen molar-refractivity contribution < 1.29 is 24.3 Å². The van der Waals surface area contributed by atoms with Crippen LogP contribution in [0.15, 0.2) is 47.0 Å². The minimum atomic E-state index is -1.98. The zero-order chi connectivity index (χ0) is 20.1. The van der Waals surface area contributed by atoms with Crippen LogP contribution in [0, 0.1) is 5.92 Å². The number of hydrogen-bond acceptors (Lipinski definition) is 7. The molecule has 0 saturated carbocycles. The molecule has 2 aromatic rings. The van der Waals surface area contributed by atoms with Gasteiger partial charge >= 0.3 is 0 Å². The molecular formula is C21H24N2O5. The largest absolute Gasteiger partial charge is 0.470 e. The molecular weight excluding hydrogens is 360 g/mol. The molecule has 0 aliphatic heterocycles. The fourth-order valence-corrected chi connectivity index (χ4v) is 4.35. The van der Waals surface area contributed by atoms with E-state index in [1.165, 1.54) is 6.08 Å². The molecule has 0 spiro atoms. The number of nitrogens with zero attached hydrogens (tertiary/aromatic N) is 2. The Morgan fingerprint density at radius 2 is 2.04 bits per heavy atom. The minimum absolute atomic E-state index is 0.0329. The number of allylic oxidation sites excluding steroid dienone is 1. The van der Waals surface area contributed by atoms with Gasteiger partial charge in [0.05, 0.1) is 5.54 Å². The number of Topliss-reactive ketones (excluding diaryl/α,β-unsaturated/α-hetero) is 1. The zero-order valence-electron chi connectivity index (χ0n) is 16.1. The molecule has 0 fully saturated rings. The minimum Gasteiger partial charge on any atom is -0.470 e. The molecule has 0 amide bonds. The lowest BCUT2D eigenvalue weighted by molar-refractivity contribution is -0.124. The molecule has 2 aliphatic carbocycles. The van der Waals surface area contributed by atoms with Crippen LogP contribution in [0.5, 0.6) is 5.88 Å². The molecule has 0 radical (unpaired) electrons. The molecule has 2 aliphatic rings. The maximum Gasteiger partial charge on any atom is 0.265 e. The van der Waals surface area contributed by atoms with Gasteiger partial charge < -0.3 is 19.5 Å². The Balaban J connectivity index is 1.80. The molecule has 2 N–H and O–H groups in total. The van der Waals surface area contributed by atoms with Crippen LogP contribution in [0.25, 0.3) is 0 Å². The smallest absolute Gasteiger partial charge is 0.265 e. The van der Waals surface area contributed by atoms with E-state index in [4.69, 9.17) is 9.26 Å². The Morgan fingerprint density at radius 1 is 1.32 bits per heavy atom. The summed E-state index contributed by atoms with van der Waals surface area (Å²) in [5, 5.41) is 25.9. The van der Waals surface area contributed by atoms with Gasteiger partial charge in [-0.05, 0) is 38.2 Å². The first kappa shape index (κ1) is 18.9. The number of ether oxygens (including phenoxy) is 1. The highest BCUT2D eigenvalue weighted by molar-refractivity contribution is 6.07. The van der Waals surface area contributed by atoms with Crippen LogP contribution in [-0.2, 0) is 12.1 Å².